The summed E-state index contributed by atoms with van der Waals surface area (Å²) in [5.74, 6) is 0. The predicted molar refractivity (Wildman–Crippen MR) is 273 cm³/mol. The van der Waals surface area contributed by atoms with Gasteiger partial charge in [0.25, 0.3) is 0 Å². The van der Waals surface area contributed by atoms with Crippen LogP contribution in [0, 0.1) is 0 Å². The van der Waals surface area contributed by atoms with Crippen molar-refractivity contribution in [3.05, 3.63) is 0 Å². The Kier molecular flexibility index (Phi) is 55.0. The van der Waals surface area contributed by atoms with E-state index < -0.39 is 0 Å². The SMILES string of the molecule is CCCCCCCCCCCCCCCCCCCOC(CCCCCCCCCCCCCCCCCCC)C(CCCCCCCCCCCCCCCCC)OC. The molecule has 0 radical (unpaired) electrons. The smallest absolute Gasteiger partial charge is 0.0836 e. The molecular formula is C58H118O2. The van der Waals surface area contributed by atoms with Crippen LogP contribution in [0.3, 0.4) is 0 Å². The number of rotatable bonds is 55. The fraction of sp³-hybridized carbons (Fsp3) is 1.00. The van der Waals surface area contributed by atoms with Gasteiger partial charge in [-0.3, -0.25) is 0 Å². The Morgan fingerprint density at radius 1 is 0.217 bits per heavy atom. The first kappa shape index (κ1) is 59.9. The molecule has 0 N–H and O–H groups in total. The van der Waals surface area contributed by atoms with E-state index in [-0.39, 0.29) is 6.10 Å². The highest BCUT2D eigenvalue weighted by molar-refractivity contribution is 4.72. The summed E-state index contributed by atoms with van der Waals surface area (Å²) >= 11 is 0. The Bertz CT molecular complexity index is 721. The highest BCUT2D eigenvalue weighted by Gasteiger charge is 2.21. The molecule has 2 heteroatoms. The van der Waals surface area contributed by atoms with Crippen LogP contribution in [0.25, 0.3) is 0 Å². The maximum absolute atomic E-state index is 6.70. The van der Waals surface area contributed by atoms with Gasteiger partial charge in [-0.15, -0.1) is 0 Å². The van der Waals surface area contributed by atoms with Crippen molar-refractivity contribution in [2.24, 2.45) is 0 Å². The number of unbranched alkanes of at least 4 members (excludes halogenated alkanes) is 46. The zero-order valence-electron chi connectivity index (χ0n) is 42.7. The Morgan fingerprint density at radius 2 is 0.400 bits per heavy atom. The summed E-state index contributed by atoms with van der Waals surface area (Å²) in [5, 5.41) is 0. The second kappa shape index (κ2) is 55.1. The van der Waals surface area contributed by atoms with Crippen molar-refractivity contribution in [1.29, 1.82) is 0 Å². The molecule has 0 saturated heterocycles. The third-order valence-corrected chi connectivity index (χ3v) is 14.0. The first-order valence-corrected chi connectivity index (χ1v) is 28.9. The maximum Gasteiger partial charge on any atom is 0.0836 e. The average Bonchev–Trinajstić information content (AvgIpc) is 3.26. The standard InChI is InChI=1S/C58H118O2/c1-5-8-11-14-17-20-23-26-29-31-34-37-40-43-46-49-52-55-58(57(59-4)54-51-48-45-42-39-36-33-28-25-22-19-16-13-10-7-3)60-56-53-50-47-44-41-38-35-32-30-27-24-21-18-15-12-9-6-2/h57-58H,5-56H2,1-4H3. The zero-order valence-corrected chi connectivity index (χ0v) is 42.7. The number of methoxy groups -OCH3 is 1. The monoisotopic (exact) mass is 847 g/mol. The van der Waals surface area contributed by atoms with Crippen LogP contribution in [0.2, 0.25) is 0 Å². The van der Waals surface area contributed by atoms with Crippen molar-refractivity contribution >= 4 is 0 Å². The van der Waals surface area contributed by atoms with Crippen molar-refractivity contribution in [1.82, 2.24) is 0 Å². The summed E-state index contributed by atoms with van der Waals surface area (Å²) in [6.07, 6.45) is 73.0. The molecule has 2 unspecified atom stereocenters. The van der Waals surface area contributed by atoms with Gasteiger partial charge in [0.05, 0.1) is 12.2 Å². The van der Waals surface area contributed by atoms with E-state index in [1.165, 1.54) is 327 Å². The van der Waals surface area contributed by atoms with Gasteiger partial charge < -0.3 is 9.47 Å². The first-order chi connectivity index (χ1) is 29.8. The van der Waals surface area contributed by atoms with Gasteiger partial charge in [-0.05, 0) is 19.3 Å². The molecule has 2 nitrogen and oxygen atoms in total. The molecule has 0 aliphatic heterocycles. The number of hydrogen-bond acceptors (Lipinski definition) is 2. The summed E-state index contributed by atoms with van der Waals surface area (Å²) in [6, 6.07) is 0. The van der Waals surface area contributed by atoms with Crippen LogP contribution in [-0.4, -0.2) is 25.9 Å². The molecule has 0 rings (SSSR count). The largest absolute Gasteiger partial charge is 0.379 e. The molecule has 0 aromatic rings. The van der Waals surface area contributed by atoms with Gasteiger partial charge in [0.15, 0.2) is 0 Å². The third kappa shape index (κ3) is 48.9. The molecule has 0 spiro atoms. The molecule has 0 heterocycles. The van der Waals surface area contributed by atoms with Crippen molar-refractivity contribution in [2.75, 3.05) is 13.7 Å². The van der Waals surface area contributed by atoms with Crippen LogP contribution in [0.4, 0.5) is 0 Å². The van der Waals surface area contributed by atoms with Crippen LogP contribution in [0.1, 0.15) is 348 Å². The Hall–Kier alpha value is -0.0800. The topological polar surface area (TPSA) is 18.5 Å². The lowest BCUT2D eigenvalue weighted by atomic mass is 9.98. The molecule has 0 aromatic carbocycles. The van der Waals surface area contributed by atoms with Crippen LogP contribution < -0.4 is 0 Å². The molecule has 0 amide bonds. The summed E-state index contributed by atoms with van der Waals surface area (Å²) in [7, 11) is 1.95. The second-order valence-corrected chi connectivity index (χ2v) is 20.0. The van der Waals surface area contributed by atoms with Crippen molar-refractivity contribution in [3.8, 4) is 0 Å². The van der Waals surface area contributed by atoms with Crippen molar-refractivity contribution in [2.45, 2.75) is 360 Å². The lowest BCUT2D eigenvalue weighted by Crippen LogP contribution is -2.31. The Labute approximate surface area is 382 Å². The van der Waals surface area contributed by atoms with E-state index in [0.29, 0.717) is 6.10 Å². The molecule has 0 bridgehead atoms. The van der Waals surface area contributed by atoms with E-state index in [9.17, 15) is 0 Å². The molecule has 0 aromatic heterocycles. The normalized spacial score (nSPS) is 12.8. The van der Waals surface area contributed by atoms with Gasteiger partial charge >= 0.3 is 0 Å². The molecular weight excluding hydrogens is 729 g/mol. The minimum absolute atomic E-state index is 0.277. The summed E-state index contributed by atoms with van der Waals surface area (Å²) in [5.41, 5.74) is 0. The predicted octanol–water partition coefficient (Wildman–Crippen LogP) is 21.3. The van der Waals surface area contributed by atoms with Crippen molar-refractivity contribution in [3.63, 3.8) is 0 Å². The second-order valence-electron chi connectivity index (χ2n) is 20.0. The highest BCUT2D eigenvalue weighted by atomic mass is 16.5. The molecule has 362 valence electrons. The Balaban J connectivity index is 4.18. The third-order valence-electron chi connectivity index (χ3n) is 14.0. The molecule has 0 saturated carbocycles. The minimum Gasteiger partial charge on any atom is -0.379 e. The molecule has 2 atom stereocenters. The van der Waals surface area contributed by atoms with E-state index in [2.05, 4.69) is 20.8 Å². The van der Waals surface area contributed by atoms with E-state index in [0.717, 1.165) is 6.61 Å². The van der Waals surface area contributed by atoms with Gasteiger partial charge in [0, 0.05) is 13.7 Å². The van der Waals surface area contributed by atoms with Crippen LogP contribution in [0.5, 0.6) is 0 Å². The van der Waals surface area contributed by atoms with E-state index in [4.69, 9.17) is 9.47 Å². The maximum atomic E-state index is 6.70. The van der Waals surface area contributed by atoms with E-state index in [1.807, 2.05) is 7.11 Å². The minimum atomic E-state index is 0.277. The van der Waals surface area contributed by atoms with E-state index in [1.54, 1.807) is 0 Å². The number of hydrogen-bond donors (Lipinski definition) is 0. The molecule has 60 heavy (non-hydrogen) atoms. The summed E-state index contributed by atoms with van der Waals surface area (Å²) in [4.78, 5) is 0. The quantitative estimate of drug-likeness (QED) is 0.0568. The lowest BCUT2D eigenvalue weighted by Gasteiger charge is -2.27. The highest BCUT2D eigenvalue weighted by Crippen LogP contribution is 2.22. The van der Waals surface area contributed by atoms with Gasteiger partial charge in [-0.25, -0.2) is 0 Å². The molecule has 0 fully saturated rings. The van der Waals surface area contributed by atoms with Gasteiger partial charge in [0.2, 0.25) is 0 Å². The van der Waals surface area contributed by atoms with Gasteiger partial charge in [0.1, 0.15) is 0 Å². The number of ether oxygens (including phenoxy) is 2. The Morgan fingerprint density at radius 3 is 0.617 bits per heavy atom. The van der Waals surface area contributed by atoms with Crippen molar-refractivity contribution < 1.29 is 9.47 Å². The average molecular weight is 848 g/mol. The van der Waals surface area contributed by atoms with Gasteiger partial charge in [-0.1, -0.05) is 329 Å². The first-order valence-electron chi connectivity index (χ1n) is 28.9. The summed E-state index contributed by atoms with van der Waals surface area (Å²) in [6.45, 7) is 7.87. The van der Waals surface area contributed by atoms with Crippen LogP contribution in [-0.2, 0) is 9.47 Å². The summed E-state index contributed by atoms with van der Waals surface area (Å²) < 4.78 is 12.9. The fourth-order valence-electron chi connectivity index (χ4n) is 9.68. The fourth-order valence-corrected chi connectivity index (χ4v) is 9.68. The van der Waals surface area contributed by atoms with Crippen LogP contribution >= 0.6 is 0 Å². The molecule has 0 aliphatic rings. The van der Waals surface area contributed by atoms with E-state index >= 15 is 0 Å². The van der Waals surface area contributed by atoms with Crippen LogP contribution in [0.15, 0.2) is 0 Å². The lowest BCUT2D eigenvalue weighted by molar-refractivity contribution is -0.0657. The zero-order chi connectivity index (χ0) is 43.3. The molecule has 0 aliphatic carbocycles. The van der Waals surface area contributed by atoms with Gasteiger partial charge in [-0.2, -0.15) is 0 Å².